The van der Waals surface area contributed by atoms with Crippen LogP contribution < -0.4 is 0 Å². The monoisotopic (exact) mass is 376 g/mol. The van der Waals surface area contributed by atoms with E-state index in [-0.39, 0.29) is 0 Å². The van der Waals surface area contributed by atoms with E-state index in [0.717, 1.165) is 11.4 Å². The number of para-hydroxylation sites is 2. The van der Waals surface area contributed by atoms with Crippen LogP contribution in [0.1, 0.15) is 0 Å². The number of rotatable bonds is 2. The van der Waals surface area contributed by atoms with Crippen LogP contribution in [0, 0.1) is 0 Å². The summed E-state index contributed by atoms with van der Waals surface area (Å²) in [4.78, 5) is 6.00. The van der Waals surface area contributed by atoms with Crippen molar-refractivity contribution in [2.45, 2.75) is 0 Å². The van der Waals surface area contributed by atoms with E-state index in [4.69, 9.17) is 4.98 Å². The van der Waals surface area contributed by atoms with Gasteiger partial charge in [-0.25, -0.2) is 0 Å². The maximum Gasteiger partial charge on any atom is 0.104 e. The number of nitrogens with zero attached hydrogens (tertiary/aromatic N) is 2. The standard InChI is InChI=1S/C25H16N2S/c1-6-14-23-17(8-1)16-24(28-23)25-22(13-7-15-26-25)27-20-11-4-2-9-18(20)19-10-3-5-12-21(19)27/h1-16H. The van der Waals surface area contributed by atoms with E-state index < -0.39 is 0 Å². The van der Waals surface area contributed by atoms with Crippen LogP contribution in [0.25, 0.3) is 48.2 Å². The van der Waals surface area contributed by atoms with Gasteiger partial charge < -0.3 is 4.57 Å². The first-order chi connectivity index (χ1) is 13.9. The lowest BCUT2D eigenvalue weighted by atomic mass is 10.2. The van der Waals surface area contributed by atoms with E-state index in [9.17, 15) is 0 Å². The summed E-state index contributed by atoms with van der Waals surface area (Å²) >= 11 is 1.80. The highest BCUT2D eigenvalue weighted by Crippen LogP contribution is 2.38. The summed E-state index contributed by atoms with van der Waals surface area (Å²) in [6.45, 7) is 0. The van der Waals surface area contributed by atoms with Crippen molar-refractivity contribution < 1.29 is 0 Å². The summed E-state index contributed by atoms with van der Waals surface area (Å²) in [5, 5.41) is 3.80. The van der Waals surface area contributed by atoms with Gasteiger partial charge in [-0.05, 0) is 41.8 Å². The molecule has 0 radical (unpaired) electrons. The highest BCUT2D eigenvalue weighted by Gasteiger charge is 2.16. The number of hydrogen-bond donors (Lipinski definition) is 0. The Morgan fingerprint density at radius 1 is 0.679 bits per heavy atom. The molecule has 2 nitrogen and oxygen atoms in total. The van der Waals surface area contributed by atoms with Gasteiger partial charge in [0.15, 0.2) is 0 Å². The quantitative estimate of drug-likeness (QED) is 0.316. The Balaban J connectivity index is 1.71. The second-order valence-corrected chi connectivity index (χ2v) is 7.97. The Morgan fingerprint density at radius 3 is 2.11 bits per heavy atom. The van der Waals surface area contributed by atoms with Gasteiger partial charge in [0.1, 0.15) is 5.69 Å². The van der Waals surface area contributed by atoms with Crippen molar-refractivity contribution >= 4 is 43.2 Å². The molecule has 0 aliphatic heterocycles. The minimum Gasteiger partial charge on any atom is -0.307 e. The Morgan fingerprint density at radius 2 is 1.36 bits per heavy atom. The van der Waals surface area contributed by atoms with Crippen LogP contribution in [-0.2, 0) is 0 Å². The van der Waals surface area contributed by atoms with E-state index in [1.807, 2.05) is 12.3 Å². The lowest BCUT2D eigenvalue weighted by molar-refractivity contribution is 1.15. The first kappa shape index (κ1) is 15.6. The summed E-state index contributed by atoms with van der Waals surface area (Å²) in [7, 11) is 0. The Labute approximate surface area is 166 Å². The van der Waals surface area contributed by atoms with Crippen molar-refractivity contribution in [3.8, 4) is 16.3 Å². The Kier molecular flexibility index (Phi) is 3.37. The molecule has 6 aromatic rings. The second kappa shape index (κ2) is 6.04. The third-order valence-electron chi connectivity index (χ3n) is 5.27. The molecule has 0 aliphatic rings. The molecule has 0 aliphatic carbocycles. The number of thiophene rings is 1. The van der Waals surface area contributed by atoms with E-state index in [0.29, 0.717) is 0 Å². The molecule has 3 heteroatoms. The largest absolute Gasteiger partial charge is 0.307 e. The maximum absolute atomic E-state index is 4.80. The molecule has 0 saturated heterocycles. The zero-order valence-electron chi connectivity index (χ0n) is 15.0. The number of benzene rings is 3. The van der Waals surface area contributed by atoms with Crippen molar-refractivity contribution in [3.05, 3.63) is 97.2 Å². The highest BCUT2D eigenvalue weighted by molar-refractivity contribution is 7.22. The third-order valence-corrected chi connectivity index (χ3v) is 6.39. The van der Waals surface area contributed by atoms with Crippen LogP contribution in [0.2, 0.25) is 0 Å². The molecule has 0 saturated carbocycles. The number of fused-ring (bicyclic) bond motifs is 4. The molecule has 0 amide bonds. The van der Waals surface area contributed by atoms with E-state index in [1.54, 1.807) is 11.3 Å². The SMILES string of the molecule is c1cnc(-c2cc3ccccc3s2)c(-n2c3ccccc3c3ccccc32)c1. The van der Waals surface area contributed by atoms with Crippen molar-refractivity contribution in [2.75, 3.05) is 0 Å². The third kappa shape index (κ3) is 2.23. The van der Waals surface area contributed by atoms with E-state index in [1.165, 1.54) is 36.8 Å². The van der Waals surface area contributed by atoms with Crippen molar-refractivity contribution in [1.82, 2.24) is 9.55 Å². The smallest absolute Gasteiger partial charge is 0.104 e. The van der Waals surface area contributed by atoms with Gasteiger partial charge in [0.2, 0.25) is 0 Å². The normalized spacial score (nSPS) is 11.6. The molecule has 0 unspecified atom stereocenters. The zero-order valence-corrected chi connectivity index (χ0v) is 15.9. The zero-order chi connectivity index (χ0) is 18.5. The molecular weight excluding hydrogens is 360 g/mol. The average molecular weight is 376 g/mol. The molecule has 3 aromatic heterocycles. The number of aromatic nitrogens is 2. The van der Waals surface area contributed by atoms with Crippen LogP contribution in [0.15, 0.2) is 97.2 Å². The van der Waals surface area contributed by atoms with Gasteiger partial charge in [-0.3, -0.25) is 4.98 Å². The molecule has 3 heterocycles. The summed E-state index contributed by atoms with van der Waals surface area (Å²) in [6, 6.07) is 32.2. The minimum atomic E-state index is 1.02. The van der Waals surface area contributed by atoms with Gasteiger partial charge in [0.25, 0.3) is 0 Å². The lowest BCUT2D eigenvalue weighted by Crippen LogP contribution is -1.97. The first-order valence-corrected chi connectivity index (χ1v) is 10.1. The van der Waals surface area contributed by atoms with Gasteiger partial charge in [0, 0.05) is 21.7 Å². The van der Waals surface area contributed by atoms with Crippen molar-refractivity contribution in [3.63, 3.8) is 0 Å². The van der Waals surface area contributed by atoms with Crippen LogP contribution in [-0.4, -0.2) is 9.55 Å². The Bertz CT molecular complexity index is 1390. The molecule has 132 valence electrons. The molecule has 0 fully saturated rings. The second-order valence-electron chi connectivity index (χ2n) is 6.89. The summed E-state index contributed by atoms with van der Waals surface area (Å²) in [5.41, 5.74) is 4.56. The number of pyridine rings is 1. The fourth-order valence-corrected chi connectivity index (χ4v) is 5.12. The molecule has 3 aromatic carbocycles. The molecular formula is C25H16N2S. The Hall–Kier alpha value is -3.43. The van der Waals surface area contributed by atoms with Gasteiger partial charge in [-0.2, -0.15) is 0 Å². The average Bonchev–Trinajstić information content (AvgIpc) is 3.33. The van der Waals surface area contributed by atoms with Gasteiger partial charge >= 0.3 is 0 Å². The van der Waals surface area contributed by atoms with Gasteiger partial charge in [0.05, 0.1) is 21.6 Å². The molecule has 0 atom stereocenters. The van der Waals surface area contributed by atoms with Crippen LogP contribution in [0.3, 0.4) is 0 Å². The van der Waals surface area contributed by atoms with E-state index in [2.05, 4.69) is 89.5 Å². The first-order valence-electron chi connectivity index (χ1n) is 9.33. The summed E-state index contributed by atoms with van der Waals surface area (Å²) in [6.07, 6.45) is 1.89. The fraction of sp³-hybridized carbons (Fsp3) is 0. The molecule has 6 rings (SSSR count). The number of hydrogen-bond acceptors (Lipinski definition) is 2. The van der Waals surface area contributed by atoms with Gasteiger partial charge in [-0.1, -0.05) is 54.6 Å². The maximum atomic E-state index is 4.80. The van der Waals surface area contributed by atoms with Gasteiger partial charge in [-0.15, -0.1) is 11.3 Å². The summed E-state index contributed by atoms with van der Waals surface area (Å²) in [5.74, 6) is 0. The predicted octanol–water partition coefficient (Wildman–Crippen LogP) is 7.06. The van der Waals surface area contributed by atoms with Crippen molar-refractivity contribution in [2.24, 2.45) is 0 Å². The molecule has 28 heavy (non-hydrogen) atoms. The fourth-order valence-electron chi connectivity index (χ4n) is 4.05. The highest BCUT2D eigenvalue weighted by atomic mass is 32.1. The van der Waals surface area contributed by atoms with Crippen molar-refractivity contribution in [1.29, 1.82) is 0 Å². The minimum absolute atomic E-state index is 1.02. The van der Waals surface area contributed by atoms with Crippen LogP contribution >= 0.6 is 11.3 Å². The van der Waals surface area contributed by atoms with E-state index >= 15 is 0 Å². The predicted molar refractivity (Wildman–Crippen MR) is 119 cm³/mol. The molecule has 0 spiro atoms. The van der Waals surface area contributed by atoms with Crippen LogP contribution in [0.5, 0.6) is 0 Å². The lowest BCUT2D eigenvalue weighted by Gasteiger charge is -2.11. The molecule has 0 N–H and O–H groups in total. The van der Waals surface area contributed by atoms with Crippen LogP contribution in [0.4, 0.5) is 0 Å². The molecule has 0 bridgehead atoms. The summed E-state index contributed by atoms with van der Waals surface area (Å²) < 4.78 is 3.63. The topological polar surface area (TPSA) is 17.8 Å².